The maximum absolute atomic E-state index is 9.43. The molecule has 0 radical (unpaired) electrons. The minimum atomic E-state index is 0.0365. The molecule has 0 saturated heterocycles. The predicted octanol–water partition coefficient (Wildman–Crippen LogP) is 3.19. The van der Waals surface area contributed by atoms with Crippen molar-refractivity contribution in [1.82, 2.24) is 4.98 Å². The highest BCUT2D eigenvalue weighted by atomic mass is 16.3. The van der Waals surface area contributed by atoms with Crippen molar-refractivity contribution in [2.24, 2.45) is 0 Å². The monoisotopic (exact) mass is 227 g/mol. The number of rotatable bonds is 4. The molecule has 0 unspecified atom stereocenters. The van der Waals surface area contributed by atoms with Crippen LogP contribution in [-0.2, 0) is 13.0 Å². The number of aliphatic hydroxyl groups is 1. The first-order valence-electron chi connectivity index (χ1n) is 5.98. The molecular formula is C15H17NO. The van der Waals surface area contributed by atoms with E-state index in [1.54, 1.807) is 6.20 Å². The van der Waals surface area contributed by atoms with Gasteiger partial charge in [0, 0.05) is 18.0 Å². The fraction of sp³-hybridized carbons (Fsp3) is 0.267. The Morgan fingerprint density at radius 1 is 1.06 bits per heavy atom. The van der Waals surface area contributed by atoms with Gasteiger partial charge < -0.3 is 5.11 Å². The average molecular weight is 227 g/mol. The van der Waals surface area contributed by atoms with Gasteiger partial charge in [0.15, 0.2) is 0 Å². The molecule has 0 aliphatic carbocycles. The highest BCUT2D eigenvalue weighted by Gasteiger charge is 2.09. The fourth-order valence-corrected chi connectivity index (χ4v) is 2.11. The molecule has 0 atom stereocenters. The summed E-state index contributed by atoms with van der Waals surface area (Å²) in [5.41, 5.74) is 4.42. The van der Waals surface area contributed by atoms with Gasteiger partial charge in [0.2, 0.25) is 0 Å². The molecule has 2 nitrogen and oxygen atoms in total. The lowest BCUT2D eigenvalue weighted by Crippen LogP contribution is -1.97. The zero-order valence-electron chi connectivity index (χ0n) is 10.1. The SMILES string of the molecule is CCCc1cncc(CO)c1-c1ccccc1. The molecule has 1 heterocycles. The van der Waals surface area contributed by atoms with Crippen LogP contribution < -0.4 is 0 Å². The van der Waals surface area contributed by atoms with Crippen LogP contribution in [0.15, 0.2) is 42.7 Å². The van der Waals surface area contributed by atoms with Crippen LogP contribution in [0, 0.1) is 0 Å². The van der Waals surface area contributed by atoms with Crippen LogP contribution >= 0.6 is 0 Å². The van der Waals surface area contributed by atoms with Gasteiger partial charge in [0.25, 0.3) is 0 Å². The lowest BCUT2D eigenvalue weighted by atomic mass is 9.95. The van der Waals surface area contributed by atoms with Crippen molar-refractivity contribution in [2.45, 2.75) is 26.4 Å². The summed E-state index contributed by atoms with van der Waals surface area (Å²) < 4.78 is 0. The number of hydrogen-bond donors (Lipinski definition) is 1. The molecule has 0 aliphatic rings. The van der Waals surface area contributed by atoms with Gasteiger partial charge in [0.05, 0.1) is 6.61 Å². The van der Waals surface area contributed by atoms with E-state index in [-0.39, 0.29) is 6.61 Å². The Morgan fingerprint density at radius 2 is 1.76 bits per heavy atom. The summed E-state index contributed by atoms with van der Waals surface area (Å²) in [6, 6.07) is 10.2. The summed E-state index contributed by atoms with van der Waals surface area (Å²) in [4.78, 5) is 4.20. The van der Waals surface area contributed by atoms with Gasteiger partial charge in [-0.2, -0.15) is 0 Å². The molecule has 0 fully saturated rings. The third-order valence-electron chi connectivity index (χ3n) is 2.86. The Kier molecular flexibility index (Phi) is 3.89. The van der Waals surface area contributed by atoms with Gasteiger partial charge in [-0.05, 0) is 23.1 Å². The number of hydrogen-bond acceptors (Lipinski definition) is 2. The second-order valence-electron chi connectivity index (χ2n) is 4.11. The van der Waals surface area contributed by atoms with Crippen LogP contribution in [0.4, 0.5) is 0 Å². The highest BCUT2D eigenvalue weighted by Crippen LogP contribution is 2.27. The van der Waals surface area contributed by atoms with Crippen molar-refractivity contribution in [3.05, 3.63) is 53.9 Å². The normalized spacial score (nSPS) is 10.5. The van der Waals surface area contributed by atoms with Crippen molar-refractivity contribution >= 4 is 0 Å². The first-order valence-corrected chi connectivity index (χ1v) is 5.98. The first kappa shape index (κ1) is 11.8. The molecule has 0 spiro atoms. The van der Waals surface area contributed by atoms with Crippen LogP contribution in [-0.4, -0.2) is 10.1 Å². The molecule has 2 rings (SSSR count). The topological polar surface area (TPSA) is 33.1 Å². The minimum Gasteiger partial charge on any atom is -0.392 e. The van der Waals surface area contributed by atoms with Gasteiger partial charge in [0.1, 0.15) is 0 Å². The molecule has 0 amide bonds. The summed E-state index contributed by atoms with van der Waals surface area (Å²) >= 11 is 0. The van der Waals surface area contributed by atoms with E-state index in [4.69, 9.17) is 0 Å². The summed E-state index contributed by atoms with van der Waals surface area (Å²) in [5.74, 6) is 0. The van der Waals surface area contributed by atoms with Gasteiger partial charge in [-0.15, -0.1) is 0 Å². The lowest BCUT2D eigenvalue weighted by Gasteiger charge is -2.12. The minimum absolute atomic E-state index is 0.0365. The number of benzene rings is 1. The van der Waals surface area contributed by atoms with Crippen molar-refractivity contribution in [1.29, 1.82) is 0 Å². The third-order valence-corrected chi connectivity index (χ3v) is 2.86. The van der Waals surface area contributed by atoms with Gasteiger partial charge in [-0.25, -0.2) is 0 Å². The van der Waals surface area contributed by atoms with Crippen molar-refractivity contribution in [3.63, 3.8) is 0 Å². The zero-order chi connectivity index (χ0) is 12.1. The number of nitrogens with zero attached hydrogens (tertiary/aromatic N) is 1. The summed E-state index contributed by atoms with van der Waals surface area (Å²) in [6.45, 7) is 2.19. The average Bonchev–Trinajstić information content (AvgIpc) is 2.40. The van der Waals surface area contributed by atoms with Crippen LogP contribution in [0.5, 0.6) is 0 Å². The van der Waals surface area contributed by atoms with Crippen LogP contribution in [0.25, 0.3) is 11.1 Å². The number of pyridine rings is 1. The third kappa shape index (κ3) is 2.53. The Morgan fingerprint density at radius 3 is 2.41 bits per heavy atom. The molecule has 17 heavy (non-hydrogen) atoms. The maximum Gasteiger partial charge on any atom is 0.0703 e. The summed E-state index contributed by atoms with van der Waals surface area (Å²) in [5, 5.41) is 9.43. The van der Waals surface area contributed by atoms with E-state index in [0.29, 0.717) is 0 Å². The Hall–Kier alpha value is -1.67. The molecule has 1 N–H and O–H groups in total. The molecule has 1 aromatic heterocycles. The zero-order valence-corrected chi connectivity index (χ0v) is 10.1. The van der Waals surface area contributed by atoms with Crippen LogP contribution in [0.3, 0.4) is 0 Å². The molecule has 0 aliphatic heterocycles. The second-order valence-corrected chi connectivity index (χ2v) is 4.11. The number of aliphatic hydroxyl groups excluding tert-OH is 1. The maximum atomic E-state index is 9.43. The van der Waals surface area contributed by atoms with Gasteiger partial charge in [-0.1, -0.05) is 43.7 Å². The Labute approximate surface area is 102 Å². The van der Waals surface area contributed by atoms with Crippen molar-refractivity contribution in [2.75, 3.05) is 0 Å². The van der Waals surface area contributed by atoms with E-state index < -0.39 is 0 Å². The van der Waals surface area contributed by atoms with Crippen molar-refractivity contribution < 1.29 is 5.11 Å². The van der Waals surface area contributed by atoms with Gasteiger partial charge >= 0.3 is 0 Å². The lowest BCUT2D eigenvalue weighted by molar-refractivity contribution is 0.282. The summed E-state index contributed by atoms with van der Waals surface area (Å²) in [6.07, 6.45) is 5.73. The van der Waals surface area contributed by atoms with E-state index >= 15 is 0 Å². The number of aromatic nitrogens is 1. The van der Waals surface area contributed by atoms with E-state index in [9.17, 15) is 5.11 Å². The smallest absolute Gasteiger partial charge is 0.0703 e. The largest absolute Gasteiger partial charge is 0.392 e. The standard InChI is InChI=1S/C15H17NO/c1-2-6-13-9-16-10-14(11-17)15(13)12-7-4-3-5-8-12/h3-5,7-10,17H,2,6,11H2,1H3. The number of aryl methyl sites for hydroxylation is 1. The highest BCUT2D eigenvalue weighted by molar-refractivity contribution is 5.70. The molecule has 1 aromatic carbocycles. The van der Waals surface area contributed by atoms with Gasteiger partial charge in [-0.3, -0.25) is 4.98 Å². The van der Waals surface area contributed by atoms with Crippen LogP contribution in [0.2, 0.25) is 0 Å². The quantitative estimate of drug-likeness (QED) is 0.870. The molecule has 88 valence electrons. The second kappa shape index (κ2) is 5.60. The Bertz CT molecular complexity index is 480. The molecule has 0 saturated carbocycles. The fourth-order valence-electron chi connectivity index (χ4n) is 2.11. The van der Waals surface area contributed by atoms with E-state index in [0.717, 1.165) is 29.5 Å². The summed E-state index contributed by atoms with van der Waals surface area (Å²) in [7, 11) is 0. The first-order chi connectivity index (χ1) is 8.36. The van der Waals surface area contributed by atoms with Crippen LogP contribution in [0.1, 0.15) is 24.5 Å². The van der Waals surface area contributed by atoms with E-state index in [2.05, 4.69) is 24.0 Å². The molecular weight excluding hydrogens is 210 g/mol. The molecule has 2 aromatic rings. The van der Waals surface area contributed by atoms with E-state index in [1.165, 1.54) is 5.56 Å². The van der Waals surface area contributed by atoms with Crippen molar-refractivity contribution in [3.8, 4) is 11.1 Å². The molecule has 0 bridgehead atoms. The Balaban J connectivity index is 2.56. The predicted molar refractivity (Wildman–Crippen MR) is 69.6 cm³/mol. The van der Waals surface area contributed by atoms with E-state index in [1.807, 2.05) is 24.4 Å². The molecule has 2 heteroatoms.